The molecule has 2 aromatic carbocycles. The first-order valence-electron chi connectivity index (χ1n) is 6.97. The Labute approximate surface area is 118 Å². The predicted molar refractivity (Wildman–Crippen MR) is 78.4 cm³/mol. The largest absolute Gasteiger partial charge is 0.493 e. The second-order valence-electron chi connectivity index (χ2n) is 5.11. The topological polar surface area (TPSA) is 21.3 Å². The van der Waals surface area contributed by atoms with Crippen LogP contribution in [0.4, 0.5) is 4.39 Å². The molecule has 0 saturated heterocycles. The van der Waals surface area contributed by atoms with Crippen molar-refractivity contribution >= 4 is 0 Å². The van der Waals surface area contributed by atoms with E-state index in [0.717, 1.165) is 36.3 Å². The number of ether oxygens (including phenoxy) is 1. The zero-order valence-corrected chi connectivity index (χ0v) is 11.6. The quantitative estimate of drug-likeness (QED) is 0.922. The maximum Gasteiger partial charge on any atom is 0.127 e. The second-order valence-corrected chi connectivity index (χ2v) is 5.11. The van der Waals surface area contributed by atoms with Crippen LogP contribution in [0.25, 0.3) is 11.1 Å². The molecule has 1 aliphatic heterocycles. The highest BCUT2D eigenvalue weighted by Crippen LogP contribution is 2.30. The van der Waals surface area contributed by atoms with Crippen LogP contribution in [0.3, 0.4) is 0 Å². The minimum atomic E-state index is -0.163. The first-order valence-corrected chi connectivity index (χ1v) is 6.97. The third-order valence-corrected chi connectivity index (χ3v) is 3.65. The summed E-state index contributed by atoms with van der Waals surface area (Å²) in [4.78, 5) is 0. The number of hydrogen-bond donors (Lipinski definition) is 1. The molecule has 0 radical (unpaired) electrons. The Morgan fingerprint density at radius 1 is 1.15 bits per heavy atom. The van der Waals surface area contributed by atoms with Crippen molar-refractivity contribution in [2.24, 2.45) is 0 Å². The molecule has 1 aliphatic rings. The van der Waals surface area contributed by atoms with Gasteiger partial charge in [0.2, 0.25) is 0 Å². The Morgan fingerprint density at radius 3 is 2.80 bits per heavy atom. The van der Waals surface area contributed by atoms with Crippen molar-refractivity contribution in [3.63, 3.8) is 0 Å². The summed E-state index contributed by atoms with van der Waals surface area (Å²) in [7, 11) is 1.82. The van der Waals surface area contributed by atoms with Gasteiger partial charge in [0.15, 0.2) is 0 Å². The summed E-state index contributed by atoms with van der Waals surface area (Å²) >= 11 is 0. The Kier molecular flexibility index (Phi) is 3.70. The summed E-state index contributed by atoms with van der Waals surface area (Å²) in [6.45, 7) is 1.34. The number of aryl methyl sites for hydroxylation is 1. The number of nitrogens with one attached hydrogen (secondary N) is 1. The van der Waals surface area contributed by atoms with Crippen LogP contribution in [0.1, 0.15) is 17.5 Å². The fraction of sp³-hybridized carbons (Fsp3) is 0.294. The molecule has 0 amide bonds. The van der Waals surface area contributed by atoms with Crippen LogP contribution < -0.4 is 10.1 Å². The molecule has 0 fully saturated rings. The molecule has 0 aliphatic carbocycles. The van der Waals surface area contributed by atoms with Crippen molar-refractivity contribution in [1.82, 2.24) is 5.32 Å². The molecule has 2 aromatic rings. The van der Waals surface area contributed by atoms with Gasteiger partial charge in [-0.25, -0.2) is 4.39 Å². The summed E-state index contributed by atoms with van der Waals surface area (Å²) in [5.41, 5.74) is 4.10. The highest BCUT2D eigenvalue weighted by Gasteiger charge is 2.12. The molecule has 1 N–H and O–H groups in total. The average molecular weight is 271 g/mol. The third-order valence-electron chi connectivity index (χ3n) is 3.65. The predicted octanol–water partition coefficient (Wildman–Crippen LogP) is 3.54. The molecule has 3 rings (SSSR count). The lowest BCUT2D eigenvalue weighted by molar-refractivity contribution is 0.288. The van der Waals surface area contributed by atoms with Crippen molar-refractivity contribution in [3.05, 3.63) is 53.3 Å². The van der Waals surface area contributed by atoms with Gasteiger partial charge in [-0.3, -0.25) is 0 Å². The van der Waals surface area contributed by atoms with E-state index < -0.39 is 0 Å². The summed E-state index contributed by atoms with van der Waals surface area (Å²) in [6, 6.07) is 11.5. The summed E-state index contributed by atoms with van der Waals surface area (Å²) in [5, 5.41) is 2.99. The molecule has 0 saturated carbocycles. The Morgan fingerprint density at radius 2 is 1.95 bits per heavy atom. The lowest BCUT2D eigenvalue weighted by Gasteiger charge is -2.18. The van der Waals surface area contributed by atoms with E-state index in [2.05, 4.69) is 11.4 Å². The van der Waals surface area contributed by atoms with Crippen molar-refractivity contribution in [3.8, 4) is 16.9 Å². The molecule has 1 heterocycles. The normalized spacial score (nSPS) is 13.7. The monoisotopic (exact) mass is 271 g/mol. The highest BCUT2D eigenvalue weighted by molar-refractivity contribution is 5.66. The molecule has 0 bridgehead atoms. The minimum Gasteiger partial charge on any atom is -0.493 e. The van der Waals surface area contributed by atoms with E-state index in [1.54, 1.807) is 0 Å². The first kappa shape index (κ1) is 13.1. The molecule has 0 spiro atoms. The third kappa shape index (κ3) is 2.54. The smallest absolute Gasteiger partial charge is 0.127 e. The van der Waals surface area contributed by atoms with Crippen molar-refractivity contribution < 1.29 is 9.13 Å². The molecular weight excluding hydrogens is 253 g/mol. The lowest BCUT2D eigenvalue weighted by atomic mass is 9.97. The molecule has 20 heavy (non-hydrogen) atoms. The van der Waals surface area contributed by atoms with Gasteiger partial charge in [-0.05, 0) is 60.8 Å². The Hall–Kier alpha value is -1.87. The zero-order valence-electron chi connectivity index (χ0n) is 11.6. The van der Waals surface area contributed by atoms with Gasteiger partial charge in [-0.2, -0.15) is 0 Å². The van der Waals surface area contributed by atoms with Crippen molar-refractivity contribution in [2.45, 2.75) is 19.4 Å². The Bertz CT molecular complexity index is 624. The van der Waals surface area contributed by atoms with Crippen LogP contribution in [0, 0.1) is 5.82 Å². The SMILES string of the molecule is CNCc1cc(-c2ccc3c(c2)CCCO3)ccc1F. The number of rotatable bonds is 3. The van der Waals surface area contributed by atoms with Gasteiger partial charge in [0.05, 0.1) is 6.61 Å². The van der Waals surface area contributed by atoms with Gasteiger partial charge in [0.1, 0.15) is 11.6 Å². The maximum absolute atomic E-state index is 13.7. The molecule has 3 heteroatoms. The van der Waals surface area contributed by atoms with Crippen LogP contribution in [0.15, 0.2) is 36.4 Å². The van der Waals surface area contributed by atoms with Crippen LogP contribution in [0.2, 0.25) is 0 Å². The second kappa shape index (κ2) is 5.63. The molecule has 0 unspecified atom stereocenters. The molecule has 104 valence electrons. The summed E-state index contributed by atoms with van der Waals surface area (Å²) in [6.07, 6.45) is 2.11. The van der Waals surface area contributed by atoms with E-state index in [0.29, 0.717) is 12.1 Å². The molecule has 0 atom stereocenters. The fourth-order valence-electron chi connectivity index (χ4n) is 2.62. The zero-order chi connectivity index (χ0) is 13.9. The first-order chi connectivity index (χ1) is 9.78. The summed E-state index contributed by atoms with van der Waals surface area (Å²) < 4.78 is 19.3. The highest BCUT2D eigenvalue weighted by atomic mass is 19.1. The number of hydrogen-bond acceptors (Lipinski definition) is 2. The molecule has 2 nitrogen and oxygen atoms in total. The number of benzene rings is 2. The van der Waals surface area contributed by atoms with Crippen LogP contribution in [-0.2, 0) is 13.0 Å². The maximum atomic E-state index is 13.7. The van der Waals surface area contributed by atoms with Crippen molar-refractivity contribution in [2.75, 3.05) is 13.7 Å². The van der Waals surface area contributed by atoms with Gasteiger partial charge in [0.25, 0.3) is 0 Å². The van der Waals surface area contributed by atoms with E-state index in [9.17, 15) is 4.39 Å². The molecule has 0 aromatic heterocycles. The number of fused-ring (bicyclic) bond motifs is 1. The van der Waals surface area contributed by atoms with Gasteiger partial charge < -0.3 is 10.1 Å². The number of halogens is 1. The van der Waals surface area contributed by atoms with E-state index in [-0.39, 0.29) is 5.82 Å². The standard InChI is InChI=1S/C17H18FNO/c1-19-11-15-10-12(4-6-16(15)18)13-5-7-17-14(9-13)3-2-8-20-17/h4-7,9-10,19H,2-3,8,11H2,1H3. The van der Waals surface area contributed by atoms with Gasteiger partial charge in [0, 0.05) is 12.1 Å². The van der Waals surface area contributed by atoms with E-state index in [4.69, 9.17) is 4.74 Å². The molecular formula is C17H18FNO. The van der Waals surface area contributed by atoms with Gasteiger partial charge in [-0.1, -0.05) is 12.1 Å². The van der Waals surface area contributed by atoms with Crippen LogP contribution in [0.5, 0.6) is 5.75 Å². The fourth-order valence-corrected chi connectivity index (χ4v) is 2.62. The van der Waals surface area contributed by atoms with E-state index in [1.807, 2.05) is 31.3 Å². The summed E-state index contributed by atoms with van der Waals surface area (Å²) in [5.74, 6) is 0.821. The van der Waals surface area contributed by atoms with Crippen molar-refractivity contribution in [1.29, 1.82) is 0 Å². The van der Waals surface area contributed by atoms with Gasteiger partial charge in [-0.15, -0.1) is 0 Å². The van der Waals surface area contributed by atoms with E-state index >= 15 is 0 Å². The lowest BCUT2D eigenvalue weighted by Crippen LogP contribution is -2.08. The van der Waals surface area contributed by atoms with E-state index in [1.165, 1.54) is 11.6 Å². The minimum absolute atomic E-state index is 0.163. The Balaban J connectivity index is 1.98. The average Bonchev–Trinajstić information content (AvgIpc) is 2.49. The van der Waals surface area contributed by atoms with Crippen LogP contribution >= 0.6 is 0 Å². The van der Waals surface area contributed by atoms with Crippen LogP contribution in [-0.4, -0.2) is 13.7 Å². The van der Waals surface area contributed by atoms with Gasteiger partial charge >= 0.3 is 0 Å².